The van der Waals surface area contributed by atoms with Gasteiger partial charge >= 0.3 is 0 Å². The van der Waals surface area contributed by atoms with Gasteiger partial charge in [-0.1, -0.05) is 49.4 Å². The predicted octanol–water partition coefficient (Wildman–Crippen LogP) is 5.04. The number of nitrogens with zero attached hydrogens (tertiary/aromatic N) is 5. The topological polar surface area (TPSA) is 101 Å². The van der Waals surface area contributed by atoms with Gasteiger partial charge in [0.15, 0.2) is 5.82 Å². The standard InChI is InChI=1S/C31H32FN7O/c1-3-38(15-13-34-19(2)40)23-17-22(18-23)31-37-28(29-30(33)35-14-16-39(29)31)24-11-9-21-10-12-25(36-27(21)26(24)32)20-7-5-4-6-8-20/h4-12,14,16,22-23H,3,13,15,17-18H2,1-2H3,(H2,33,35)(H,34,40)/t22-,23+. The Morgan fingerprint density at radius 2 is 1.90 bits per heavy atom. The summed E-state index contributed by atoms with van der Waals surface area (Å²) in [6, 6.07) is 17.6. The highest BCUT2D eigenvalue weighted by atomic mass is 19.1. The number of likely N-dealkylation sites (N-methyl/N-ethyl adjacent to an activating group) is 1. The number of nitrogens with one attached hydrogen (secondary N) is 1. The summed E-state index contributed by atoms with van der Waals surface area (Å²) >= 11 is 0. The zero-order chi connectivity index (χ0) is 27.8. The number of aromatic nitrogens is 4. The Morgan fingerprint density at radius 3 is 2.65 bits per heavy atom. The van der Waals surface area contributed by atoms with E-state index in [1.165, 1.54) is 6.92 Å². The second kappa shape index (κ2) is 10.7. The van der Waals surface area contributed by atoms with E-state index < -0.39 is 5.82 Å². The number of pyridine rings is 1. The smallest absolute Gasteiger partial charge is 0.216 e. The van der Waals surface area contributed by atoms with E-state index in [0.29, 0.717) is 46.4 Å². The summed E-state index contributed by atoms with van der Waals surface area (Å²) in [5.74, 6) is 0.931. The fourth-order valence-corrected chi connectivity index (χ4v) is 5.74. The van der Waals surface area contributed by atoms with Gasteiger partial charge in [0.25, 0.3) is 0 Å². The lowest BCUT2D eigenvalue weighted by atomic mass is 9.78. The molecule has 2 aromatic carbocycles. The number of hydrogen-bond acceptors (Lipinski definition) is 6. The summed E-state index contributed by atoms with van der Waals surface area (Å²) in [5.41, 5.74) is 9.73. The van der Waals surface area contributed by atoms with E-state index in [-0.39, 0.29) is 11.8 Å². The summed E-state index contributed by atoms with van der Waals surface area (Å²) < 4.78 is 18.2. The molecule has 0 spiro atoms. The lowest BCUT2D eigenvalue weighted by molar-refractivity contribution is -0.119. The summed E-state index contributed by atoms with van der Waals surface area (Å²) in [6.45, 7) is 6.01. The zero-order valence-corrected chi connectivity index (χ0v) is 22.6. The molecule has 1 aliphatic carbocycles. The minimum absolute atomic E-state index is 0.0162. The summed E-state index contributed by atoms with van der Waals surface area (Å²) in [4.78, 5) is 27.6. The normalized spacial score (nSPS) is 16.9. The van der Waals surface area contributed by atoms with Gasteiger partial charge in [-0.05, 0) is 31.5 Å². The molecule has 0 radical (unpaired) electrons. The Kier molecular flexibility index (Phi) is 6.89. The number of nitrogen functional groups attached to an aromatic ring is 1. The molecular weight excluding hydrogens is 505 g/mol. The number of halogens is 1. The molecule has 6 rings (SSSR count). The molecular formula is C31H32FN7O. The van der Waals surface area contributed by atoms with Gasteiger partial charge in [-0.15, -0.1) is 0 Å². The minimum Gasteiger partial charge on any atom is -0.382 e. The van der Waals surface area contributed by atoms with Crippen molar-refractivity contribution in [3.05, 3.63) is 78.6 Å². The molecule has 40 heavy (non-hydrogen) atoms. The molecule has 1 fully saturated rings. The van der Waals surface area contributed by atoms with E-state index in [0.717, 1.165) is 42.7 Å². The maximum absolute atomic E-state index is 16.2. The molecule has 0 saturated heterocycles. The highest BCUT2D eigenvalue weighted by Gasteiger charge is 2.37. The Hall–Kier alpha value is -4.37. The first-order chi connectivity index (χ1) is 19.4. The number of carbonyl (C=O) groups is 1. The van der Waals surface area contributed by atoms with Gasteiger partial charge in [0.1, 0.15) is 28.4 Å². The number of amides is 1. The van der Waals surface area contributed by atoms with Gasteiger partial charge in [0, 0.05) is 60.9 Å². The van der Waals surface area contributed by atoms with E-state index in [1.54, 1.807) is 12.3 Å². The Bertz CT molecular complexity index is 1700. The van der Waals surface area contributed by atoms with Crippen molar-refractivity contribution in [1.82, 2.24) is 29.6 Å². The van der Waals surface area contributed by atoms with E-state index in [4.69, 9.17) is 10.7 Å². The van der Waals surface area contributed by atoms with Crippen LogP contribution in [0.5, 0.6) is 0 Å². The van der Waals surface area contributed by atoms with Crippen molar-refractivity contribution < 1.29 is 9.18 Å². The third-order valence-electron chi connectivity index (χ3n) is 7.91. The van der Waals surface area contributed by atoms with Crippen molar-refractivity contribution in [1.29, 1.82) is 0 Å². The number of nitrogens with two attached hydrogens (primary N) is 1. The first-order valence-corrected chi connectivity index (χ1v) is 13.7. The van der Waals surface area contributed by atoms with Crippen LogP contribution in [0.15, 0.2) is 67.0 Å². The average Bonchev–Trinajstić information content (AvgIpc) is 3.32. The third-order valence-corrected chi connectivity index (χ3v) is 7.91. The van der Waals surface area contributed by atoms with Gasteiger partial charge < -0.3 is 11.1 Å². The van der Waals surface area contributed by atoms with Crippen molar-refractivity contribution in [2.45, 2.75) is 38.6 Å². The van der Waals surface area contributed by atoms with Gasteiger partial charge in [-0.25, -0.2) is 19.3 Å². The van der Waals surface area contributed by atoms with Crippen LogP contribution in [0.2, 0.25) is 0 Å². The first-order valence-electron chi connectivity index (χ1n) is 13.7. The Labute approximate surface area is 232 Å². The van der Waals surface area contributed by atoms with Crippen molar-refractivity contribution in [3.63, 3.8) is 0 Å². The summed E-state index contributed by atoms with van der Waals surface area (Å²) in [6.07, 6.45) is 5.36. The monoisotopic (exact) mass is 537 g/mol. The third kappa shape index (κ3) is 4.66. The van der Waals surface area contributed by atoms with Crippen LogP contribution in [-0.2, 0) is 4.79 Å². The Morgan fingerprint density at radius 1 is 1.12 bits per heavy atom. The van der Waals surface area contributed by atoms with Gasteiger partial charge in [0.05, 0.1) is 5.69 Å². The van der Waals surface area contributed by atoms with E-state index >= 15 is 4.39 Å². The largest absolute Gasteiger partial charge is 0.382 e. The van der Waals surface area contributed by atoms with Crippen LogP contribution >= 0.6 is 0 Å². The van der Waals surface area contributed by atoms with E-state index in [9.17, 15) is 4.79 Å². The van der Waals surface area contributed by atoms with Crippen LogP contribution in [0.1, 0.15) is 38.4 Å². The lowest BCUT2D eigenvalue weighted by Gasteiger charge is -2.42. The number of carbonyl (C=O) groups excluding carboxylic acids is 1. The maximum atomic E-state index is 16.2. The van der Waals surface area contributed by atoms with Crippen LogP contribution in [0.3, 0.4) is 0 Å². The highest BCUT2D eigenvalue weighted by molar-refractivity contribution is 5.92. The van der Waals surface area contributed by atoms with Crippen LogP contribution in [0.25, 0.3) is 38.9 Å². The molecule has 0 bridgehead atoms. The minimum atomic E-state index is -0.424. The van der Waals surface area contributed by atoms with Crippen LogP contribution in [0, 0.1) is 5.82 Å². The number of rotatable bonds is 8. The van der Waals surface area contributed by atoms with Crippen molar-refractivity contribution >= 4 is 28.1 Å². The number of fused-ring (bicyclic) bond motifs is 2. The molecule has 9 heteroatoms. The summed E-state index contributed by atoms with van der Waals surface area (Å²) in [5, 5.41) is 3.60. The molecule has 0 atom stereocenters. The Balaban J connectivity index is 1.35. The number of hydrogen-bond donors (Lipinski definition) is 2. The highest BCUT2D eigenvalue weighted by Crippen LogP contribution is 2.42. The van der Waals surface area contributed by atoms with Crippen LogP contribution in [-0.4, -0.2) is 55.8 Å². The maximum Gasteiger partial charge on any atom is 0.216 e. The molecule has 1 aliphatic rings. The molecule has 0 unspecified atom stereocenters. The van der Waals surface area contributed by atoms with Crippen LogP contribution < -0.4 is 11.1 Å². The molecule has 3 heterocycles. The van der Waals surface area contributed by atoms with Crippen molar-refractivity contribution in [2.75, 3.05) is 25.4 Å². The molecule has 5 aromatic rings. The van der Waals surface area contributed by atoms with Gasteiger partial charge in [0.2, 0.25) is 5.91 Å². The molecule has 1 amide bonds. The quantitative estimate of drug-likeness (QED) is 0.288. The number of benzene rings is 2. The van der Waals surface area contributed by atoms with Gasteiger partial charge in [-0.3, -0.25) is 14.1 Å². The number of imidazole rings is 1. The first kappa shape index (κ1) is 25.9. The molecule has 204 valence electrons. The predicted molar refractivity (Wildman–Crippen MR) is 155 cm³/mol. The van der Waals surface area contributed by atoms with Crippen molar-refractivity contribution in [2.24, 2.45) is 0 Å². The molecule has 1 saturated carbocycles. The lowest BCUT2D eigenvalue weighted by Crippen LogP contribution is -2.47. The van der Waals surface area contributed by atoms with Crippen LogP contribution in [0.4, 0.5) is 10.2 Å². The second-order valence-electron chi connectivity index (χ2n) is 10.3. The average molecular weight is 538 g/mol. The number of anilines is 1. The summed E-state index contributed by atoms with van der Waals surface area (Å²) in [7, 11) is 0. The molecule has 8 nitrogen and oxygen atoms in total. The second-order valence-corrected chi connectivity index (χ2v) is 10.3. The fraction of sp³-hybridized carbons (Fsp3) is 0.290. The molecule has 3 aromatic heterocycles. The SMILES string of the molecule is CCN(CCNC(C)=O)[C@H]1C[C@@H](c2nc(-c3ccc4ccc(-c5ccccc5)nc4c3F)c3c(N)nccn32)C1. The van der Waals surface area contributed by atoms with E-state index in [2.05, 4.69) is 27.1 Å². The molecule has 3 N–H and O–H groups in total. The molecule has 0 aliphatic heterocycles. The van der Waals surface area contributed by atoms with Crippen molar-refractivity contribution in [3.8, 4) is 22.5 Å². The fourth-order valence-electron chi connectivity index (χ4n) is 5.74. The van der Waals surface area contributed by atoms with Gasteiger partial charge in [-0.2, -0.15) is 0 Å². The van der Waals surface area contributed by atoms with E-state index in [1.807, 2.05) is 59.1 Å². The zero-order valence-electron chi connectivity index (χ0n) is 22.6.